The van der Waals surface area contributed by atoms with E-state index >= 15 is 0 Å². The molecule has 1 aliphatic heterocycles. The maximum absolute atomic E-state index is 10.5. The highest BCUT2D eigenvalue weighted by molar-refractivity contribution is 5.76. The van der Waals surface area contributed by atoms with Crippen molar-refractivity contribution in [2.24, 2.45) is 0 Å². The average Bonchev–Trinajstić information content (AvgIpc) is 3.30. The molecule has 2 atom stereocenters. The Labute approximate surface area is 153 Å². The number of hydrogen-bond donors (Lipinski definition) is 1. The van der Waals surface area contributed by atoms with Crippen LogP contribution in [0.2, 0.25) is 0 Å². The molecular weight excluding hydrogens is 328 g/mol. The lowest BCUT2D eigenvalue weighted by Crippen LogP contribution is -2.25. The van der Waals surface area contributed by atoms with E-state index in [1.165, 1.54) is 5.56 Å². The van der Waals surface area contributed by atoms with Gasteiger partial charge in [-0.05, 0) is 44.0 Å². The normalized spacial score (nSPS) is 18.3. The topological polar surface area (TPSA) is 56.5 Å². The summed E-state index contributed by atoms with van der Waals surface area (Å²) in [6.45, 7) is 3.48. The maximum Gasteiger partial charge on any atom is 0.139 e. The van der Waals surface area contributed by atoms with Crippen LogP contribution in [0.3, 0.4) is 0 Å². The van der Waals surface area contributed by atoms with Crippen LogP contribution in [0.25, 0.3) is 11.0 Å². The third-order valence-electron chi connectivity index (χ3n) is 4.76. The fourth-order valence-electron chi connectivity index (χ4n) is 3.40. The van der Waals surface area contributed by atoms with Crippen LogP contribution in [0, 0.1) is 6.92 Å². The van der Waals surface area contributed by atoms with E-state index in [4.69, 9.17) is 14.5 Å². The van der Waals surface area contributed by atoms with Gasteiger partial charge in [0.1, 0.15) is 30.4 Å². The molecule has 0 spiro atoms. The number of para-hydroxylation sites is 2. The first kappa shape index (κ1) is 17.1. The van der Waals surface area contributed by atoms with Crippen molar-refractivity contribution in [3.05, 3.63) is 59.9 Å². The molecule has 3 aromatic rings. The summed E-state index contributed by atoms with van der Waals surface area (Å²) in [5.41, 5.74) is 3.14. The van der Waals surface area contributed by atoms with Crippen molar-refractivity contribution in [2.75, 3.05) is 13.2 Å². The van der Waals surface area contributed by atoms with Crippen molar-refractivity contribution in [3.63, 3.8) is 0 Å². The van der Waals surface area contributed by atoms with Crippen molar-refractivity contribution in [2.45, 2.75) is 38.5 Å². The van der Waals surface area contributed by atoms with E-state index in [-0.39, 0.29) is 12.7 Å². The van der Waals surface area contributed by atoms with Crippen LogP contribution in [-0.2, 0) is 11.3 Å². The molecule has 26 heavy (non-hydrogen) atoms. The highest BCUT2D eigenvalue weighted by Crippen LogP contribution is 2.30. The van der Waals surface area contributed by atoms with Gasteiger partial charge in [0.05, 0.1) is 17.6 Å². The van der Waals surface area contributed by atoms with Crippen LogP contribution in [0.15, 0.2) is 48.5 Å². The zero-order valence-corrected chi connectivity index (χ0v) is 15.0. The summed E-state index contributed by atoms with van der Waals surface area (Å²) >= 11 is 0. The number of fused-ring (bicyclic) bond motifs is 1. The number of aliphatic hydroxyl groups is 1. The first-order chi connectivity index (χ1) is 12.7. The van der Waals surface area contributed by atoms with Crippen LogP contribution in [0.1, 0.15) is 30.3 Å². The molecular formula is C21H24N2O3. The molecule has 1 saturated heterocycles. The lowest BCUT2D eigenvalue weighted by Gasteiger charge is -2.17. The van der Waals surface area contributed by atoms with Crippen molar-refractivity contribution in [3.8, 4) is 5.75 Å². The number of nitrogens with zero attached hydrogens (tertiary/aromatic N) is 2. The molecule has 5 nitrogen and oxygen atoms in total. The van der Waals surface area contributed by atoms with Gasteiger partial charge in [0.15, 0.2) is 0 Å². The molecule has 136 valence electrons. The van der Waals surface area contributed by atoms with E-state index in [0.29, 0.717) is 6.54 Å². The highest BCUT2D eigenvalue weighted by Gasteiger charge is 2.25. The predicted octanol–water partition coefficient (Wildman–Crippen LogP) is 3.64. The minimum atomic E-state index is -0.630. The molecule has 1 aliphatic rings. The summed E-state index contributed by atoms with van der Waals surface area (Å²) in [5.74, 6) is 1.67. The molecule has 1 fully saturated rings. The van der Waals surface area contributed by atoms with Crippen LogP contribution < -0.4 is 4.74 Å². The lowest BCUT2D eigenvalue weighted by atomic mass is 10.2. The second-order valence-corrected chi connectivity index (χ2v) is 6.85. The molecule has 4 rings (SSSR count). The third-order valence-corrected chi connectivity index (χ3v) is 4.76. The van der Waals surface area contributed by atoms with Gasteiger partial charge < -0.3 is 19.1 Å². The Balaban J connectivity index is 1.51. The fraction of sp³-hybridized carbons (Fsp3) is 0.381. The van der Waals surface area contributed by atoms with Crippen molar-refractivity contribution in [1.29, 1.82) is 0 Å². The molecule has 1 N–H and O–H groups in total. The highest BCUT2D eigenvalue weighted by atomic mass is 16.5. The standard InChI is InChI=1S/C21H24N2O3/c1-15-8-10-17(11-9-15)26-14-16(24)13-23-19-6-3-2-5-18(19)22-21(23)20-7-4-12-25-20/h2-3,5-6,8-11,16,20,24H,4,7,12-14H2,1H3. The van der Waals surface area contributed by atoms with Gasteiger partial charge in [0.25, 0.3) is 0 Å². The third kappa shape index (κ3) is 3.59. The first-order valence-electron chi connectivity index (χ1n) is 9.15. The molecule has 0 amide bonds. The number of rotatable bonds is 6. The summed E-state index contributed by atoms with van der Waals surface area (Å²) in [4.78, 5) is 4.76. The summed E-state index contributed by atoms with van der Waals surface area (Å²) in [6.07, 6.45) is 1.40. The van der Waals surface area contributed by atoms with Crippen LogP contribution >= 0.6 is 0 Å². The van der Waals surface area contributed by atoms with E-state index in [1.807, 2.05) is 55.5 Å². The lowest BCUT2D eigenvalue weighted by molar-refractivity contribution is 0.0806. The molecule has 0 saturated carbocycles. The molecule has 0 bridgehead atoms. The second kappa shape index (κ2) is 7.48. The van der Waals surface area contributed by atoms with Gasteiger partial charge in [-0.15, -0.1) is 0 Å². The van der Waals surface area contributed by atoms with E-state index in [9.17, 15) is 5.11 Å². The minimum absolute atomic E-state index is 0.00705. The van der Waals surface area contributed by atoms with Gasteiger partial charge in [0.2, 0.25) is 0 Å². The summed E-state index contributed by atoms with van der Waals surface area (Å²) in [7, 11) is 0. The SMILES string of the molecule is Cc1ccc(OCC(O)Cn2c(C3CCCO3)nc3ccccc32)cc1. The molecule has 5 heteroatoms. The smallest absolute Gasteiger partial charge is 0.139 e. The average molecular weight is 352 g/mol. The Morgan fingerprint density at radius 1 is 1.23 bits per heavy atom. The Morgan fingerprint density at radius 2 is 2.04 bits per heavy atom. The number of aromatic nitrogens is 2. The summed E-state index contributed by atoms with van der Waals surface area (Å²) in [5, 5.41) is 10.5. The van der Waals surface area contributed by atoms with Gasteiger partial charge in [-0.2, -0.15) is 0 Å². The fourth-order valence-corrected chi connectivity index (χ4v) is 3.40. The van der Waals surface area contributed by atoms with Crippen LogP contribution in [-0.4, -0.2) is 34.0 Å². The Hall–Kier alpha value is -2.37. The van der Waals surface area contributed by atoms with Crippen LogP contribution in [0.4, 0.5) is 0 Å². The second-order valence-electron chi connectivity index (χ2n) is 6.85. The first-order valence-corrected chi connectivity index (χ1v) is 9.15. The van der Waals surface area contributed by atoms with Gasteiger partial charge in [0, 0.05) is 6.61 Å². The monoisotopic (exact) mass is 352 g/mol. The van der Waals surface area contributed by atoms with Crippen molar-refractivity contribution < 1.29 is 14.6 Å². The Bertz CT molecular complexity index is 867. The maximum atomic E-state index is 10.5. The van der Waals surface area contributed by atoms with Gasteiger partial charge in [-0.3, -0.25) is 0 Å². The molecule has 0 radical (unpaired) electrons. The molecule has 2 heterocycles. The van der Waals surface area contributed by atoms with E-state index < -0.39 is 6.10 Å². The molecule has 1 aromatic heterocycles. The number of ether oxygens (including phenoxy) is 2. The molecule has 2 unspecified atom stereocenters. The number of benzene rings is 2. The number of imidazole rings is 1. The zero-order valence-electron chi connectivity index (χ0n) is 15.0. The largest absolute Gasteiger partial charge is 0.491 e. The number of aryl methyl sites for hydroxylation is 1. The van der Waals surface area contributed by atoms with Crippen molar-refractivity contribution in [1.82, 2.24) is 9.55 Å². The number of hydrogen-bond acceptors (Lipinski definition) is 4. The van der Waals surface area contributed by atoms with Crippen LogP contribution in [0.5, 0.6) is 5.75 Å². The summed E-state index contributed by atoms with van der Waals surface area (Å²) in [6, 6.07) is 15.9. The van der Waals surface area contributed by atoms with Gasteiger partial charge in [-0.1, -0.05) is 29.8 Å². The quantitative estimate of drug-likeness (QED) is 0.736. The zero-order chi connectivity index (χ0) is 17.9. The van der Waals surface area contributed by atoms with E-state index in [0.717, 1.165) is 42.1 Å². The predicted molar refractivity (Wildman–Crippen MR) is 100 cm³/mol. The molecule has 2 aromatic carbocycles. The Morgan fingerprint density at radius 3 is 2.81 bits per heavy atom. The van der Waals surface area contributed by atoms with E-state index in [1.54, 1.807) is 0 Å². The number of aliphatic hydroxyl groups excluding tert-OH is 1. The Kier molecular flexibility index (Phi) is 4.91. The molecule has 0 aliphatic carbocycles. The van der Waals surface area contributed by atoms with Gasteiger partial charge >= 0.3 is 0 Å². The van der Waals surface area contributed by atoms with Gasteiger partial charge in [-0.25, -0.2) is 4.98 Å². The minimum Gasteiger partial charge on any atom is -0.491 e. The summed E-state index contributed by atoms with van der Waals surface area (Å²) < 4.78 is 13.6. The van der Waals surface area contributed by atoms with Crippen molar-refractivity contribution >= 4 is 11.0 Å². The van der Waals surface area contributed by atoms with E-state index in [2.05, 4.69) is 4.57 Å².